The second-order valence-corrected chi connectivity index (χ2v) is 10.0. The molecule has 0 aromatic carbocycles. The van der Waals surface area contributed by atoms with Crippen LogP contribution in [-0.2, 0) is 4.79 Å². The number of unbranched alkanes of at least 4 members (excludes halogenated alkanes) is 3. The van der Waals surface area contributed by atoms with Crippen LogP contribution in [0.25, 0.3) is 0 Å². The minimum Gasteiger partial charge on any atom is -0.338 e. The van der Waals surface area contributed by atoms with Crippen molar-refractivity contribution in [1.82, 2.24) is 15.3 Å². The molecule has 1 saturated heterocycles. The van der Waals surface area contributed by atoms with E-state index >= 15 is 0 Å². The second-order valence-electron chi connectivity index (χ2n) is 10.0. The molecule has 1 rings (SSSR count). The topological polar surface area (TPSA) is 55.8 Å². The monoisotopic (exact) mass is 443 g/mol. The zero-order valence-corrected chi connectivity index (χ0v) is 22.1. The van der Waals surface area contributed by atoms with Crippen LogP contribution in [0.2, 0.25) is 0 Å². The summed E-state index contributed by atoms with van der Waals surface area (Å²) in [5, 5.41) is 9.51. The number of hydrogen-bond donors (Lipinski definition) is 2. The predicted octanol–water partition coefficient (Wildman–Crippen LogP) is 6.35. The molecular formula is C26H57N3O2. The molecule has 1 fully saturated rings. The van der Waals surface area contributed by atoms with Crippen molar-refractivity contribution in [2.24, 2.45) is 11.8 Å². The summed E-state index contributed by atoms with van der Waals surface area (Å²) >= 11 is 0. The summed E-state index contributed by atoms with van der Waals surface area (Å²) in [5.41, 5.74) is 2.28. The number of hydroxylamine groups is 1. The zero-order chi connectivity index (χ0) is 23.8. The number of carbonyl (C=O) groups excluding carboxylic acids is 1. The van der Waals surface area contributed by atoms with E-state index in [2.05, 4.69) is 59.0 Å². The Bertz CT molecular complexity index is 441. The fraction of sp³-hybridized carbons (Fsp3) is 0.962. The largest absolute Gasteiger partial charge is 0.338 e. The van der Waals surface area contributed by atoms with E-state index in [4.69, 9.17) is 0 Å². The third kappa shape index (κ3) is 11.7. The predicted molar refractivity (Wildman–Crippen MR) is 136 cm³/mol. The number of nitrogens with zero attached hydrogens (tertiary/aromatic N) is 2. The van der Waals surface area contributed by atoms with Crippen molar-refractivity contribution in [2.45, 2.75) is 131 Å². The van der Waals surface area contributed by atoms with Crippen molar-refractivity contribution in [3.8, 4) is 0 Å². The lowest BCUT2D eigenvalue weighted by atomic mass is 9.93. The van der Waals surface area contributed by atoms with Crippen LogP contribution in [0.3, 0.4) is 0 Å². The van der Waals surface area contributed by atoms with E-state index in [-0.39, 0.29) is 19.3 Å². The molecule has 0 spiro atoms. The highest BCUT2D eigenvalue weighted by atomic mass is 16.5. The number of amides is 1. The van der Waals surface area contributed by atoms with Gasteiger partial charge in [0.25, 0.3) is 0 Å². The molecule has 4 atom stereocenters. The molecule has 0 unspecified atom stereocenters. The summed E-state index contributed by atoms with van der Waals surface area (Å²) in [7, 11) is 2.21. The maximum atomic E-state index is 13.1. The third-order valence-electron chi connectivity index (χ3n) is 7.04. The number of rotatable bonds is 13. The third-order valence-corrected chi connectivity index (χ3v) is 7.04. The van der Waals surface area contributed by atoms with Gasteiger partial charge in [-0.25, -0.2) is 0 Å². The van der Waals surface area contributed by atoms with Gasteiger partial charge in [-0.3, -0.25) is 4.79 Å². The SMILES string of the molecule is CCCCCCN(C(=O)[C@@H](NO)[C@@H](C)CC)[C@H](CCC)C(C)C.C[C@H]1CCCCN1C.[HH]. The van der Waals surface area contributed by atoms with Crippen LogP contribution >= 0.6 is 0 Å². The summed E-state index contributed by atoms with van der Waals surface area (Å²) in [6.07, 6.45) is 11.8. The lowest BCUT2D eigenvalue weighted by Crippen LogP contribution is -2.53. The molecular weight excluding hydrogens is 386 g/mol. The van der Waals surface area contributed by atoms with E-state index < -0.39 is 6.04 Å². The van der Waals surface area contributed by atoms with Gasteiger partial charge in [-0.05, 0) is 58.0 Å². The fourth-order valence-corrected chi connectivity index (χ4v) is 4.38. The second kappa shape index (κ2) is 17.9. The fourth-order valence-electron chi connectivity index (χ4n) is 4.38. The highest BCUT2D eigenvalue weighted by molar-refractivity contribution is 5.82. The first-order valence-corrected chi connectivity index (χ1v) is 13.1. The van der Waals surface area contributed by atoms with E-state index in [1.54, 1.807) is 0 Å². The summed E-state index contributed by atoms with van der Waals surface area (Å²) in [6, 6.07) is 0.599. The standard InChI is InChI=1S/C19H40N2O2.C7H15N.H2/c1-7-10-11-12-14-21(17(13-8-2)15(4)5)19(22)18(20-23)16(6)9-3;1-7-5-3-4-6-8(7)2;/h15-18,20,23H,7-14H2,1-6H3;7H,3-6H2,1-2H3;1H/t16-,17+,18-;7-;/m00./s1. The Morgan fingerprint density at radius 3 is 2.23 bits per heavy atom. The number of likely N-dealkylation sites (tertiary alicyclic amines) is 1. The van der Waals surface area contributed by atoms with Gasteiger partial charge < -0.3 is 15.0 Å². The Morgan fingerprint density at radius 1 is 1.13 bits per heavy atom. The van der Waals surface area contributed by atoms with Crippen LogP contribution in [0.15, 0.2) is 0 Å². The minimum absolute atomic E-state index is 0. The van der Waals surface area contributed by atoms with Gasteiger partial charge in [-0.15, -0.1) is 0 Å². The molecule has 1 amide bonds. The summed E-state index contributed by atoms with van der Waals surface area (Å²) < 4.78 is 0. The van der Waals surface area contributed by atoms with Gasteiger partial charge in [0.05, 0.1) is 0 Å². The van der Waals surface area contributed by atoms with Crippen LogP contribution < -0.4 is 5.48 Å². The molecule has 1 heterocycles. The van der Waals surface area contributed by atoms with Crippen LogP contribution in [0.4, 0.5) is 0 Å². The molecule has 2 N–H and O–H groups in total. The Balaban J connectivity index is 0. The molecule has 188 valence electrons. The van der Waals surface area contributed by atoms with Gasteiger partial charge in [0.15, 0.2) is 0 Å². The average molecular weight is 444 g/mol. The minimum atomic E-state index is -0.496. The van der Waals surface area contributed by atoms with Crippen molar-refractivity contribution < 1.29 is 11.4 Å². The molecule has 0 bridgehead atoms. The lowest BCUT2D eigenvalue weighted by molar-refractivity contribution is -0.141. The number of carbonyl (C=O) groups is 1. The molecule has 1 aliphatic heterocycles. The first-order valence-electron chi connectivity index (χ1n) is 13.1. The Morgan fingerprint density at radius 2 is 1.81 bits per heavy atom. The van der Waals surface area contributed by atoms with Crippen LogP contribution in [0.5, 0.6) is 0 Å². The summed E-state index contributed by atoms with van der Waals surface area (Å²) in [5.74, 6) is 0.618. The molecule has 0 aliphatic carbocycles. The van der Waals surface area contributed by atoms with Gasteiger partial charge >= 0.3 is 0 Å². The van der Waals surface area contributed by atoms with E-state index in [1.165, 1.54) is 38.6 Å². The Labute approximate surface area is 195 Å². The molecule has 5 heteroatoms. The van der Waals surface area contributed by atoms with Crippen molar-refractivity contribution in [3.05, 3.63) is 0 Å². The van der Waals surface area contributed by atoms with E-state index in [1.807, 2.05) is 11.8 Å². The smallest absolute Gasteiger partial charge is 0.242 e. The van der Waals surface area contributed by atoms with Crippen molar-refractivity contribution in [3.63, 3.8) is 0 Å². The van der Waals surface area contributed by atoms with E-state index in [0.717, 1.165) is 44.7 Å². The zero-order valence-electron chi connectivity index (χ0n) is 22.1. The van der Waals surface area contributed by atoms with E-state index in [0.29, 0.717) is 5.92 Å². The molecule has 0 radical (unpaired) electrons. The normalized spacial score (nSPS) is 20.0. The van der Waals surface area contributed by atoms with Crippen LogP contribution in [0, 0.1) is 11.8 Å². The van der Waals surface area contributed by atoms with Gasteiger partial charge in [-0.2, -0.15) is 5.48 Å². The van der Waals surface area contributed by atoms with Crippen molar-refractivity contribution in [2.75, 3.05) is 20.1 Å². The molecule has 1 aliphatic rings. The van der Waals surface area contributed by atoms with Gasteiger partial charge in [0.1, 0.15) is 6.04 Å². The molecule has 5 nitrogen and oxygen atoms in total. The number of hydrogen-bond acceptors (Lipinski definition) is 4. The highest BCUT2D eigenvalue weighted by Crippen LogP contribution is 2.21. The van der Waals surface area contributed by atoms with Crippen LogP contribution in [0.1, 0.15) is 114 Å². The molecule has 31 heavy (non-hydrogen) atoms. The maximum Gasteiger partial charge on any atom is 0.242 e. The quantitative estimate of drug-likeness (QED) is 0.257. The van der Waals surface area contributed by atoms with Crippen molar-refractivity contribution >= 4 is 5.91 Å². The number of nitrogens with one attached hydrogen (secondary N) is 1. The first kappa shape index (κ1) is 30.4. The summed E-state index contributed by atoms with van der Waals surface area (Å²) in [6.45, 7) is 17.2. The van der Waals surface area contributed by atoms with E-state index in [9.17, 15) is 10.0 Å². The Hall–Kier alpha value is -0.650. The van der Waals surface area contributed by atoms with Gasteiger partial charge in [0.2, 0.25) is 5.91 Å². The van der Waals surface area contributed by atoms with Gasteiger partial charge in [-0.1, -0.05) is 80.1 Å². The Kier molecular flexibility index (Phi) is 17.5. The van der Waals surface area contributed by atoms with Crippen molar-refractivity contribution in [1.29, 1.82) is 0 Å². The molecule has 0 aromatic rings. The summed E-state index contributed by atoms with van der Waals surface area (Å²) in [4.78, 5) is 17.5. The average Bonchev–Trinajstić information content (AvgIpc) is 2.75. The van der Waals surface area contributed by atoms with Crippen LogP contribution in [-0.4, -0.2) is 59.2 Å². The first-order chi connectivity index (χ1) is 14.7. The molecule has 0 saturated carbocycles. The van der Waals surface area contributed by atoms with Gasteiger partial charge in [0, 0.05) is 20.1 Å². The molecule has 0 aromatic heterocycles. The maximum absolute atomic E-state index is 13.1. The number of piperidine rings is 1. The highest BCUT2D eigenvalue weighted by Gasteiger charge is 2.32. The lowest BCUT2D eigenvalue weighted by Gasteiger charge is -2.38.